The maximum absolute atomic E-state index is 13.1. The normalized spacial score (nSPS) is 18.7. The van der Waals surface area contributed by atoms with Gasteiger partial charge in [0.15, 0.2) is 17.1 Å². The maximum atomic E-state index is 13.1. The van der Waals surface area contributed by atoms with Gasteiger partial charge in [0.05, 0.1) is 16.3 Å². The van der Waals surface area contributed by atoms with Gasteiger partial charge in [0.1, 0.15) is 0 Å². The Morgan fingerprint density at radius 3 is 2.88 bits per heavy atom. The second kappa shape index (κ2) is 7.99. The van der Waals surface area contributed by atoms with Crippen molar-refractivity contribution in [2.45, 2.75) is 24.3 Å². The van der Waals surface area contributed by atoms with Crippen LogP contribution in [0.1, 0.15) is 18.4 Å². The van der Waals surface area contributed by atoms with Crippen molar-refractivity contribution in [2.75, 3.05) is 19.9 Å². The van der Waals surface area contributed by atoms with Gasteiger partial charge in [-0.1, -0.05) is 6.07 Å². The van der Waals surface area contributed by atoms with Gasteiger partial charge in [0, 0.05) is 25.7 Å². The van der Waals surface area contributed by atoms with Crippen molar-refractivity contribution in [3.05, 3.63) is 52.5 Å². The van der Waals surface area contributed by atoms with Gasteiger partial charge in [-0.05, 0) is 42.7 Å². The van der Waals surface area contributed by atoms with E-state index in [0.29, 0.717) is 42.9 Å². The average molecular weight is 459 g/mol. The molecule has 3 heterocycles. The minimum Gasteiger partial charge on any atom is -0.454 e. The molecule has 1 aromatic heterocycles. The van der Waals surface area contributed by atoms with Crippen molar-refractivity contribution in [1.82, 2.24) is 14.6 Å². The first-order valence-corrected chi connectivity index (χ1v) is 11.6. The number of ether oxygens (including phenoxy) is 2. The molecule has 32 heavy (non-hydrogen) atoms. The monoisotopic (exact) mass is 459 g/mol. The van der Waals surface area contributed by atoms with Gasteiger partial charge in [-0.3, -0.25) is 9.78 Å². The summed E-state index contributed by atoms with van der Waals surface area (Å²) in [5.41, 5.74) is 1.46. The highest BCUT2D eigenvalue weighted by Crippen LogP contribution is 2.32. The van der Waals surface area contributed by atoms with E-state index in [4.69, 9.17) is 13.9 Å². The highest BCUT2D eigenvalue weighted by Gasteiger charge is 2.33. The summed E-state index contributed by atoms with van der Waals surface area (Å²) in [4.78, 5) is 26.6. The fourth-order valence-corrected chi connectivity index (χ4v) is 5.53. The summed E-state index contributed by atoms with van der Waals surface area (Å²) >= 11 is 0. The third-order valence-electron chi connectivity index (χ3n) is 5.69. The van der Waals surface area contributed by atoms with Gasteiger partial charge in [-0.15, -0.1) is 0 Å². The Hall–Kier alpha value is -3.31. The second-order valence-corrected chi connectivity index (χ2v) is 9.72. The molecule has 5 rings (SSSR count). The number of benzene rings is 2. The molecular formula is C21H21N3O7S. The molecule has 0 bridgehead atoms. The Morgan fingerprint density at radius 2 is 2.00 bits per heavy atom. The molecule has 2 aliphatic rings. The van der Waals surface area contributed by atoms with Gasteiger partial charge in [-0.25, -0.2) is 13.2 Å². The highest BCUT2D eigenvalue weighted by atomic mass is 32.2. The smallest absolute Gasteiger partial charge is 0.417 e. The molecule has 1 saturated heterocycles. The second-order valence-electron chi connectivity index (χ2n) is 7.78. The maximum Gasteiger partial charge on any atom is 0.417 e. The first-order valence-electron chi connectivity index (χ1n) is 10.2. The minimum absolute atomic E-state index is 0.0224. The van der Waals surface area contributed by atoms with Crippen LogP contribution in [-0.4, -0.2) is 43.5 Å². The Morgan fingerprint density at radius 1 is 1.16 bits per heavy atom. The molecular weight excluding hydrogens is 438 g/mol. The lowest BCUT2D eigenvalue weighted by Gasteiger charge is -2.31. The van der Waals surface area contributed by atoms with Gasteiger partial charge in [0.25, 0.3) is 0 Å². The molecule has 0 unspecified atom stereocenters. The molecule has 2 N–H and O–H groups in total. The lowest BCUT2D eigenvalue weighted by molar-refractivity contribution is -0.126. The van der Waals surface area contributed by atoms with Crippen LogP contribution in [0.25, 0.3) is 11.1 Å². The standard InChI is InChI=1S/C21H21N3O7S/c25-20(22-10-13-3-6-17-19(8-13)30-12-29-17)14-2-1-7-24(11-14)32(27,28)15-4-5-16-18(9-15)31-21(26)23-16/h3-6,8-9,14H,1-2,7,10-12H2,(H,22,25)(H,23,26)/t14-/m1/s1. The van der Waals surface area contributed by atoms with Crippen LogP contribution in [0.2, 0.25) is 0 Å². The molecule has 1 amide bonds. The molecule has 1 atom stereocenters. The van der Waals surface area contributed by atoms with Crippen LogP contribution in [0.3, 0.4) is 0 Å². The molecule has 10 nitrogen and oxygen atoms in total. The summed E-state index contributed by atoms with van der Waals surface area (Å²) in [5, 5.41) is 2.89. The van der Waals surface area contributed by atoms with E-state index < -0.39 is 21.7 Å². The number of nitrogens with one attached hydrogen (secondary N) is 2. The number of hydrogen-bond donors (Lipinski definition) is 2. The number of H-pyrrole nitrogens is 1. The summed E-state index contributed by atoms with van der Waals surface area (Å²) in [6.45, 7) is 0.899. The highest BCUT2D eigenvalue weighted by molar-refractivity contribution is 7.89. The first kappa shape index (κ1) is 20.6. The zero-order valence-corrected chi connectivity index (χ0v) is 17.8. The number of amides is 1. The van der Waals surface area contributed by atoms with E-state index in [9.17, 15) is 18.0 Å². The van der Waals surface area contributed by atoms with Crippen molar-refractivity contribution in [2.24, 2.45) is 5.92 Å². The number of rotatable bonds is 5. The quantitative estimate of drug-likeness (QED) is 0.592. The number of piperidine rings is 1. The number of aromatic nitrogens is 1. The van der Waals surface area contributed by atoms with Crippen molar-refractivity contribution >= 4 is 27.0 Å². The fourth-order valence-electron chi connectivity index (χ4n) is 3.99. The topological polar surface area (TPSA) is 131 Å². The predicted octanol–water partition coefficient (Wildman–Crippen LogP) is 1.57. The van der Waals surface area contributed by atoms with Crippen molar-refractivity contribution in [3.63, 3.8) is 0 Å². The molecule has 0 spiro atoms. The first-order chi connectivity index (χ1) is 15.4. The molecule has 168 valence electrons. The number of hydrogen-bond acceptors (Lipinski definition) is 7. The zero-order valence-electron chi connectivity index (χ0n) is 17.0. The molecule has 11 heteroatoms. The molecule has 3 aromatic rings. The van der Waals surface area contributed by atoms with Gasteiger partial charge in [-0.2, -0.15) is 4.31 Å². The van der Waals surface area contributed by atoms with Gasteiger partial charge in [0.2, 0.25) is 22.7 Å². The lowest BCUT2D eigenvalue weighted by atomic mass is 9.98. The number of carbonyl (C=O) groups excluding carboxylic acids is 1. The van der Waals surface area contributed by atoms with Gasteiger partial charge < -0.3 is 19.2 Å². The van der Waals surface area contributed by atoms with E-state index in [0.717, 1.165) is 5.56 Å². The third kappa shape index (κ3) is 3.84. The number of aromatic amines is 1. The molecule has 1 fully saturated rings. The Balaban J connectivity index is 1.26. The summed E-state index contributed by atoms with van der Waals surface area (Å²) in [7, 11) is -3.84. The minimum atomic E-state index is -3.84. The number of oxazole rings is 1. The SMILES string of the molecule is O=C(NCc1ccc2c(c1)OCO2)[C@@H]1CCCN(S(=O)(=O)c2ccc3[nH]c(=O)oc3c2)C1. The Labute approximate surface area is 183 Å². The van der Waals surface area contributed by atoms with Crippen LogP contribution >= 0.6 is 0 Å². The lowest BCUT2D eigenvalue weighted by Crippen LogP contribution is -2.45. The number of carbonyl (C=O) groups is 1. The summed E-state index contributed by atoms with van der Waals surface area (Å²) < 4.78 is 43.2. The van der Waals surface area contributed by atoms with E-state index >= 15 is 0 Å². The fraction of sp³-hybridized carbons (Fsp3) is 0.333. The number of nitrogens with zero attached hydrogens (tertiary/aromatic N) is 1. The number of fused-ring (bicyclic) bond motifs is 2. The van der Waals surface area contributed by atoms with E-state index in [1.807, 2.05) is 12.1 Å². The van der Waals surface area contributed by atoms with Crippen LogP contribution in [0.15, 0.2) is 50.5 Å². The molecule has 2 aromatic carbocycles. The summed E-state index contributed by atoms with van der Waals surface area (Å²) in [6.07, 6.45) is 1.17. The van der Waals surface area contributed by atoms with Crippen molar-refractivity contribution in [1.29, 1.82) is 0 Å². The van der Waals surface area contributed by atoms with Crippen LogP contribution in [-0.2, 0) is 21.4 Å². The van der Waals surface area contributed by atoms with E-state index in [1.54, 1.807) is 6.07 Å². The van der Waals surface area contributed by atoms with E-state index in [1.165, 1.54) is 22.5 Å². The van der Waals surface area contributed by atoms with Crippen LogP contribution in [0.4, 0.5) is 0 Å². The van der Waals surface area contributed by atoms with E-state index in [2.05, 4.69) is 10.3 Å². The third-order valence-corrected chi connectivity index (χ3v) is 7.55. The Bertz CT molecular complexity index is 1340. The predicted molar refractivity (Wildman–Crippen MR) is 113 cm³/mol. The molecule has 0 aliphatic carbocycles. The Kier molecular flexibility index (Phi) is 5.14. The van der Waals surface area contributed by atoms with Gasteiger partial charge >= 0.3 is 5.76 Å². The van der Waals surface area contributed by atoms with Crippen LogP contribution in [0, 0.1) is 5.92 Å². The van der Waals surface area contributed by atoms with Crippen LogP contribution in [0.5, 0.6) is 11.5 Å². The largest absolute Gasteiger partial charge is 0.454 e. The zero-order chi connectivity index (χ0) is 22.3. The summed E-state index contributed by atoms with van der Waals surface area (Å²) in [6, 6.07) is 9.70. The van der Waals surface area contributed by atoms with Crippen molar-refractivity contribution in [3.8, 4) is 11.5 Å². The molecule has 0 saturated carbocycles. The summed E-state index contributed by atoms with van der Waals surface area (Å²) in [5.74, 6) is 0.00930. The average Bonchev–Trinajstić information content (AvgIpc) is 3.41. The van der Waals surface area contributed by atoms with Crippen molar-refractivity contribution < 1.29 is 27.1 Å². The molecule has 0 radical (unpaired) electrons. The van der Waals surface area contributed by atoms with E-state index in [-0.39, 0.29) is 29.7 Å². The number of sulfonamides is 1. The van der Waals surface area contributed by atoms with Crippen LogP contribution < -0.4 is 20.5 Å². The molecule has 2 aliphatic heterocycles.